The molecule has 0 amide bonds. The summed E-state index contributed by atoms with van der Waals surface area (Å²) in [7, 11) is 0. The molecule has 0 saturated heterocycles. The van der Waals surface area contributed by atoms with Gasteiger partial charge < -0.3 is 5.11 Å². The van der Waals surface area contributed by atoms with Crippen molar-refractivity contribution >= 4 is 0 Å². The molecule has 0 saturated carbocycles. The van der Waals surface area contributed by atoms with Crippen LogP contribution in [0, 0.1) is 0 Å². The third-order valence-corrected chi connectivity index (χ3v) is 2.27. The Morgan fingerprint density at radius 1 is 1.07 bits per heavy atom. The summed E-state index contributed by atoms with van der Waals surface area (Å²) in [6, 6.07) is 7.33. The minimum absolute atomic E-state index is 0. The molecule has 1 nitrogen and oxygen atoms in total. The van der Waals surface area contributed by atoms with Crippen molar-refractivity contribution in [2.45, 2.75) is 39.0 Å². The molecule has 0 spiro atoms. The molecule has 0 fully saturated rings. The Morgan fingerprint density at radius 3 is 2.43 bits per heavy atom. The van der Waals surface area contributed by atoms with Gasteiger partial charge in [0.15, 0.2) is 0 Å². The average molecular weight is 200 g/mol. The summed E-state index contributed by atoms with van der Waals surface area (Å²) >= 11 is 0. The van der Waals surface area contributed by atoms with Gasteiger partial charge in [-0.05, 0) is 12.8 Å². The van der Waals surface area contributed by atoms with Gasteiger partial charge in [0.05, 0.1) is 0 Å². The van der Waals surface area contributed by atoms with Gasteiger partial charge >= 0.3 is 29.6 Å². The van der Waals surface area contributed by atoms with Crippen molar-refractivity contribution in [1.29, 1.82) is 0 Å². The maximum atomic E-state index is 11.3. The van der Waals surface area contributed by atoms with Crippen molar-refractivity contribution in [2.24, 2.45) is 0 Å². The van der Waals surface area contributed by atoms with Gasteiger partial charge in [0, 0.05) is 0 Å². The number of benzene rings is 1. The van der Waals surface area contributed by atoms with Crippen molar-refractivity contribution in [1.82, 2.24) is 0 Å². The van der Waals surface area contributed by atoms with Crippen LogP contribution >= 0.6 is 0 Å². The average Bonchev–Trinajstić information content (AvgIpc) is 2.15. The van der Waals surface area contributed by atoms with Crippen LogP contribution in [-0.2, 0) is 6.42 Å². The Hall–Kier alpha value is 0.0200. The number of hydrogen-bond donors (Lipinski definition) is 0. The van der Waals surface area contributed by atoms with Crippen LogP contribution in [0.25, 0.3) is 0 Å². The molecule has 72 valence electrons. The zero-order chi connectivity index (χ0) is 9.52. The molecule has 0 aliphatic rings. The van der Waals surface area contributed by atoms with E-state index in [4.69, 9.17) is 0 Å². The predicted octanol–water partition coefficient (Wildman–Crippen LogP) is -0.113. The summed E-state index contributed by atoms with van der Waals surface area (Å²) in [6.07, 6.45) is 5.86. The van der Waals surface area contributed by atoms with E-state index in [0.29, 0.717) is 0 Å². The van der Waals surface area contributed by atoms with Crippen molar-refractivity contribution in [3.8, 4) is 5.75 Å². The maximum absolute atomic E-state index is 11.3. The summed E-state index contributed by atoms with van der Waals surface area (Å²) in [4.78, 5) is 0. The Balaban J connectivity index is 0.00000169. The Labute approximate surface area is 109 Å². The van der Waals surface area contributed by atoms with Crippen molar-refractivity contribution < 1.29 is 34.7 Å². The fourth-order valence-electron chi connectivity index (χ4n) is 1.45. The van der Waals surface area contributed by atoms with Gasteiger partial charge in [-0.3, -0.25) is 0 Å². The molecular weight excluding hydrogens is 183 g/mol. The van der Waals surface area contributed by atoms with Crippen molar-refractivity contribution in [3.63, 3.8) is 0 Å². The summed E-state index contributed by atoms with van der Waals surface area (Å²) in [5.41, 5.74) is 0.971. The first-order chi connectivity index (χ1) is 6.34. The molecular formula is C12H17NaO. The molecule has 0 aromatic heterocycles. The molecule has 1 aromatic carbocycles. The molecule has 0 heterocycles. The first kappa shape index (κ1) is 14.0. The largest absolute Gasteiger partial charge is 1.00 e. The van der Waals surface area contributed by atoms with E-state index in [1.54, 1.807) is 12.1 Å². The SMILES string of the molecule is CCCCCCc1ccccc1[O-].[Na+]. The normalized spacial score (nSPS) is 9.50. The first-order valence-electron chi connectivity index (χ1n) is 5.09. The van der Waals surface area contributed by atoms with Crippen molar-refractivity contribution in [3.05, 3.63) is 29.8 Å². The molecule has 0 atom stereocenters. The van der Waals surface area contributed by atoms with Gasteiger partial charge in [-0.15, -0.1) is 5.75 Å². The summed E-state index contributed by atoms with van der Waals surface area (Å²) in [5, 5.41) is 11.3. The van der Waals surface area contributed by atoms with Crippen LogP contribution in [0.3, 0.4) is 0 Å². The Bertz CT molecular complexity index is 248. The van der Waals surface area contributed by atoms with E-state index in [9.17, 15) is 5.11 Å². The van der Waals surface area contributed by atoms with Gasteiger partial charge in [0.1, 0.15) is 0 Å². The monoisotopic (exact) mass is 200 g/mol. The van der Waals surface area contributed by atoms with Crippen LogP contribution < -0.4 is 34.7 Å². The first-order valence-corrected chi connectivity index (χ1v) is 5.09. The van der Waals surface area contributed by atoms with Crippen molar-refractivity contribution in [2.75, 3.05) is 0 Å². The second-order valence-corrected chi connectivity index (χ2v) is 3.42. The Kier molecular flexibility index (Phi) is 8.35. The third kappa shape index (κ3) is 5.04. The molecule has 1 aromatic rings. The molecule has 0 N–H and O–H groups in total. The van der Waals surface area contributed by atoms with E-state index < -0.39 is 0 Å². The van der Waals surface area contributed by atoms with E-state index in [1.807, 2.05) is 12.1 Å². The predicted molar refractivity (Wildman–Crippen MR) is 53.7 cm³/mol. The van der Waals surface area contributed by atoms with Crippen LogP contribution in [0.5, 0.6) is 5.75 Å². The number of aryl methyl sites for hydroxylation is 1. The second-order valence-electron chi connectivity index (χ2n) is 3.42. The minimum Gasteiger partial charge on any atom is -0.872 e. The summed E-state index contributed by atoms with van der Waals surface area (Å²) in [6.45, 7) is 2.20. The summed E-state index contributed by atoms with van der Waals surface area (Å²) < 4.78 is 0. The number of hydrogen-bond acceptors (Lipinski definition) is 1. The fraction of sp³-hybridized carbons (Fsp3) is 0.500. The van der Waals surface area contributed by atoms with Crippen LogP contribution in [0.15, 0.2) is 24.3 Å². The molecule has 0 radical (unpaired) electrons. The van der Waals surface area contributed by atoms with Gasteiger partial charge in [0.2, 0.25) is 0 Å². The van der Waals surface area contributed by atoms with Gasteiger partial charge in [-0.2, -0.15) is 0 Å². The van der Waals surface area contributed by atoms with Gasteiger partial charge in [-0.25, -0.2) is 0 Å². The zero-order valence-corrected chi connectivity index (χ0v) is 11.3. The van der Waals surface area contributed by atoms with Crippen LogP contribution in [0.2, 0.25) is 0 Å². The Morgan fingerprint density at radius 2 is 1.79 bits per heavy atom. The molecule has 0 bridgehead atoms. The van der Waals surface area contributed by atoms with E-state index in [2.05, 4.69) is 6.92 Å². The standard InChI is InChI=1S/C12H18O.Na/c1-2-3-4-5-8-11-9-6-7-10-12(11)13;/h6-7,9-10,13H,2-5,8H2,1H3;/q;+1/p-1. The molecule has 14 heavy (non-hydrogen) atoms. The van der Waals surface area contributed by atoms with Crippen LogP contribution in [0.1, 0.15) is 38.2 Å². The number of unbranched alkanes of at least 4 members (excludes halogenated alkanes) is 3. The van der Waals surface area contributed by atoms with Crippen LogP contribution in [-0.4, -0.2) is 0 Å². The smallest absolute Gasteiger partial charge is 0.872 e. The molecule has 0 aliphatic heterocycles. The minimum atomic E-state index is 0. The number of rotatable bonds is 5. The number of para-hydroxylation sites is 1. The van der Waals surface area contributed by atoms with E-state index in [-0.39, 0.29) is 35.3 Å². The third-order valence-electron chi connectivity index (χ3n) is 2.27. The fourth-order valence-corrected chi connectivity index (χ4v) is 1.45. The molecule has 2 heteroatoms. The van der Waals surface area contributed by atoms with E-state index >= 15 is 0 Å². The van der Waals surface area contributed by atoms with E-state index in [1.165, 1.54) is 19.3 Å². The summed E-state index contributed by atoms with van der Waals surface area (Å²) in [5.74, 6) is 0.194. The topological polar surface area (TPSA) is 23.1 Å². The molecule has 0 unspecified atom stereocenters. The van der Waals surface area contributed by atoms with Gasteiger partial charge in [0.25, 0.3) is 0 Å². The molecule has 1 rings (SSSR count). The molecule has 0 aliphatic carbocycles. The second kappa shape index (κ2) is 8.34. The maximum Gasteiger partial charge on any atom is 1.00 e. The quantitative estimate of drug-likeness (QED) is 0.480. The van der Waals surface area contributed by atoms with Crippen LogP contribution in [0.4, 0.5) is 0 Å². The van der Waals surface area contributed by atoms with E-state index in [0.717, 1.165) is 18.4 Å². The zero-order valence-electron chi connectivity index (χ0n) is 9.25. The van der Waals surface area contributed by atoms with Gasteiger partial charge in [-0.1, -0.05) is 56.0 Å².